The zero-order valence-corrected chi connectivity index (χ0v) is 14.1. The van der Waals surface area contributed by atoms with Gasteiger partial charge in [0.05, 0.1) is 30.3 Å². The summed E-state index contributed by atoms with van der Waals surface area (Å²) >= 11 is 0. The Morgan fingerprint density at radius 1 is 1.23 bits per heavy atom. The quantitative estimate of drug-likeness (QED) is 0.540. The van der Waals surface area contributed by atoms with E-state index >= 15 is 0 Å². The van der Waals surface area contributed by atoms with Crippen LogP contribution < -0.4 is 0 Å². The highest BCUT2D eigenvalue weighted by Gasteiger charge is 2.25. The fourth-order valence-electron chi connectivity index (χ4n) is 3.98. The Bertz CT molecular complexity index is 1140. The van der Waals surface area contributed by atoms with Crippen LogP contribution in [-0.2, 0) is 0 Å². The number of aromatic amines is 2. The van der Waals surface area contributed by atoms with Crippen LogP contribution in [-0.4, -0.2) is 29.5 Å². The van der Waals surface area contributed by atoms with Gasteiger partial charge in [0.2, 0.25) is 0 Å². The lowest BCUT2D eigenvalue weighted by atomic mass is 9.90. The number of aromatic nitrogens is 6. The molecule has 7 heteroatoms. The summed E-state index contributed by atoms with van der Waals surface area (Å²) in [5.41, 5.74) is 5.02. The monoisotopic (exact) mass is 343 g/mol. The van der Waals surface area contributed by atoms with E-state index < -0.39 is 0 Å². The maximum absolute atomic E-state index is 8.91. The minimum absolute atomic E-state index is 0.328. The van der Waals surface area contributed by atoms with E-state index in [1.54, 1.807) is 12.4 Å². The minimum atomic E-state index is 0.328. The van der Waals surface area contributed by atoms with Crippen LogP contribution in [0.3, 0.4) is 0 Å². The van der Waals surface area contributed by atoms with Crippen LogP contribution in [0.4, 0.5) is 0 Å². The summed E-state index contributed by atoms with van der Waals surface area (Å²) in [5.74, 6) is 0.894. The van der Waals surface area contributed by atoms with Gasteiger partial charge in [-0.3, -0.25) is 0 Å². The summed E-state index contributed by atoms with van der Waals surface area (Å²) in [6.07, 6.45) is 12.8. The zero-order valence-electron chi connectivity index (χ0n) is 14.1. The number of hydrogen-bond acceptors (Lipinski definition) is 4. The fraction of sp³-hybridized carbons (Fsp3) is 0.263. The van der Waals surface area contributed by atoms with Gasteiger partial charge < -0.3 is 14.5 Å². The highest BCUT2D eigenvalue weighted by molar-refractivity contribution is 6.02. The number of imidazole rings is 2. The van der Waals surface area contributed by atoms with E-state index in [0.717, 1.165) is 59.3 Å². The van der Waals surface area contributed by atoms with Gasteiger partial charge in [-0.25, -0.2) is 15.0 Å². The molecule has 7 nitrogen and oxygen atoms in total. The van der Waals surface area contributed by atoms with Crippen LogP contribution in [0.1, 0.15) is 31.7 Å². The molecule has 1 aliphatic rings. The van der Waals surface area contributed by atoms with Crippen molar-refractivity contribution in [3.05, 3.63) is 42.6 Å². The third-order valence-corrected chi connectivity index (χ3v) is 5.20. The Morgan fingerprint density at radius 2 is 2.12 bits per heavy atom. The SMILES string of the molecule is N#CC=C1CCC(n2c(-c3cnc[nH]3)nc3cnc4[nH]ccc4c32)CC1. The van der Waals surface area contributed by atoms with Crippen LogP contribution in [0.15, 0.2) is 42.6 Å². The summed E-state index contributed by atoms with van der Waals surface area (Å²) in [4.78, 5) is 19.9. The second-order valence-electron chi connectivity index (χ2n) is 6.67. The van der Waals surface area contributed by atoms with Gasteiger partial charge in [0.15, 0.2) is 5.82 Å². The highest BCUT2D eigenvalue weighted by Crippen LogP contribution is 2.38. The number of hydrogen-bond donors (Lipinski definition) is 2. The van der Waals surface area contributed by atoms with Gasteiger partial charge in [-0.05, 0) is 31.7 Å². The van der Waals surface area contributed by atoms with Crippen molar-refractivity contribution in [3.8, 4) is 17.6 Å². The second-order valence-corrected chi connectivity index (χ2v) is 6.67. The number of nitriles is 1. The van der Waals surface area contributed by atoms with Gasteiger partial charge in [-0.15, -0.1) is 0 Å². The largest absolute Gasteiger partial charge is 0.346 e. The van der Waals surface area contributed by atoms with Gasteiger partial charge in [-0.1, -0.05) is 5.57 Å². The summed E-state index contributed by atoms with van der Waals surface area (Å²) < 4.78 is 2.34. The van der Waals surface area contributed by atoms with E-state index in [2.05, 4.69) is 36.6 Å². The van der Waals surface area contributed by atoms with Gasteiger partial charge in [0.1, 0.15) is 16.9 Å². The van der Waals surface area contributed by atoms with Crippen molar-refractivity contribution in [1.29, 1.82) is 5.26 Å². The lowest BCUT2D eigenvalue weighted by molar-refractivity contribution is 0.410. The standard InChI is InChI=1S/C19H17N7/c20-7-5-12-1-3-13(4-2-12)26-17-14-6-8-22-18(14)23-10-15(17)25-19(26)16-9-21-11-24-16/h5-6,8-11,13H,1-4H2,(H,21,24)(H,22,23). The molecule has 4 aromatic rings. The predicted octanol–water partition coefficient (Wildman–Crippen LogP) is 3.87. The molecule has 2 N–H and O–H groups in total. The molecule has 0 atom stereocenters. The molecule has 1 saturated carbocycles. The Balaban J connectivity index is 1.71. The fourth-order valence-corrected chi connectivity index (χ4v) is 3.98. The molecular weight excluding hydrogens is 326 g/mol. The maximum atomic E-state index is 8.91. The minimum Gasteiger partial charge on any atom is -0.346 e. The summed E-state index contributed by atoms with van der Waals surface area (Å²) in [6, 6.07) is 4.55. The maximum Gasteiger partial charge on any atom is 0.159 e. The highest BCUT2D eigenvalue weighted by atomic mass is 15.1. The lowest BCUT2D eigenvalue weighted by Crippen LogP contribution is -2.15. The number of pyridine rings is 1. The number of nitrogens with zero attached hydrogens (tertiary/aromatic N) is 5. The Kier molecular flexibility index (Phi) is 3.35. The molecule has 0 amide bonds. The van der Waals surface area contributed by atoms with Crippen LogP contribution in [0.25, 0.3) is 33.6 Å². The molecule has 1 fully saturated rings. The van der Waals surface area contributed by atoms with Crippen molar-refractivity contribution >= 4 is 22.1 Å². The molecule has 26 heavy (non-hydrogen) atoms. The molecule has 0 aliphatic heterocycles. The molecular formula is C19H17N7. The number of H-pyrrole nitrogens is 2. The normalized spacial score (nSPS) is 17.7. The molecule has 0 aromatic carbocycles. The van der Waals surface area contributed by atoms with Gasteiger partial charge in [0.25, 0.3) is 0 Å². The molecule has 0 radical (unpaired) electrons. The van der Waals surface area contributed by atoms with Crippen LogP contribution >= 0.6 is 0 Å². The van der Waals surface area contributed by atoms with E-state index in [-0.39, 0.29) is 0 Å². The third-order valence-electron chi connectivity index (χ3n) is 5.20. The topological polar surface area (TPSA) is 99.0 Å². The Labute approximate surface area is 149 Å². The van der Waals surface area contributed by atoms with Crippen molar-refractivity contribution < 1.29 is 0 Å². The summed E-state index contributed by atoms with van der Waals surface area (Å²) in [7, 11) is 0. The van der Waals surface area contributed by atoms with E-state index in [1.165, 1.54) is 5.57 Å². The number of rotatable bonds is 2. The second kappa shape index (κ2) is 5.85. The predicted molar refractivity (Wildman–Crippen MR) is 98.2 cm³/mol. The Hall–Kier alpha value is -3.40. The first kappa shape index (κ1) is 14.9. The molecule has 1 aliphatic carbocycles. The van der Waals surface area contributed by atoms with Crippen LogP contribution in [0.5, 0.6) is 0 Å². The first-order valence-electron chi connectivity index (χ1n) is 8.75. The van der Waals surface area contributed by atoms with Crippen molar-refractivity contribution in [3.63, 3.8) is 0 Å². The Morgan fingerprint density at radius 3 is 2.88 bits per heavy atom. The lowest BCUT2D eigenvalue weighted by Gasteiger charge is -2.27. The first-order chi connectivity index (χ1) is 12.8. The number of fused-ring (bicyclic) bond motifs is 3. The van der Waals surface area contributed by atoms with Gasteiger partial charge >= 0.3 is 0 Å². The average molecular weight is 343 g/mol. The van der Waals surface area contributed by atoms with Crippen molar-refractivity contribution in [2.24, 2.45) is 0 Å². The summed E-state index contributed by atoms with van der Waals surface area (Å²) in [5, 5.41) is 9.99. The molecule has 5 rings (SSSR count). The zero-order chi connectivity index (χ0) is 17.5. The molecule has 0 spiro atoms. The molecule has 0 unspecified atom stereocenters. The molecule has 128 valence electrons. The molecule has 4 heterocycles. The van der Waals surface area contributed by atoms with Crippen molar-refractivity contribution in [2.75, 3.05) is 0 Å². The van der Waals surface area contributed by atoms with Gasteiger partial charge in [-0.2, -0.15) is 5.26 Å². The van der Waals surface area contributed by atoms with Crippen LogP contribution in [0, 0.1) is 11.3 Å². The average Bonchev–Trinajstić information content (AvgIpc) is 3.40. The van der Waals surface area contributed by atoms with Crippen molar-refractivity contribution in [2.45, 2.75) is 31.7 Å². The van der Waals surface area contributed by atoms with E-state index in [9.17, 15) is 0 Å². The number of nitrogens with one attached hydrogen (secondary N) is 2. The number of allylic oxidation sites excluding steroid dienone is 2. The van der Waals surface area contributed by atoms with Gasteiger partial charge in [0, 0.05) is 23.7 Å². The molecule has 4 aromatic heterocycles. The molecule has 0 saturated heterocycles. The van der Waals surface area contributed by atoms with E-state index in [0.29, 0.717) is 6.04 Å². The summed E-state index contributed by atoms with van der Waals surface area (Å²) in [6.45, 7) is 0. The van der Waals surface area contributed by atoms with Crippen LogP contribution in [0.2, 0.25) is 0 Å². The van der Waals surface area contributed by atoms with Crippen molar-refractivity contribution in [1.82, 2.24) is 29.5 Å². The first-order valence-corrected chi connectivity index (χ1v) is 8.75. The smallest absolute Gasteiger partial charge is 0.159 e. The third kappa shape index (κ3) is 2.23. The van der Waals surface area contributed by atoms with E-state index in [4.69, 9.17) is 10.2 Å². The van der Waals surface area contributed by atoms with E-state index in [1.807, 2.05) is 18.6 Å². The molecule has 0 bridgehead atoms.